The van der Waals surface area contributed by atoms with Gasteiger partial charge in [-0.05, 0) is 18.6 Å². The van der Waals surface area contributed by atoms with Crippen molar-refractivity contribution >= 4 is 10.0 Å². The quantitative estimate of drug-likeness (QED) is 0.706. The summed E-state index contributed by atoms with van der Waals surface area (Å²) in [4.78, 5) is 0.215. The van der Waals surface area contributed by atoms with E-state index in [4.69, 9.17) is 4.74 Å². The Morgan fingerprint density at radius 1 is 1.30 bits per heavy atom. The molecule has 3 N–H and O–H groups in total. The third-order valence-electron chi connectivity index (χ3n) is 3.42. The van der Waals surface area contributed by atoms with E-state index in [1.807, 2.05) is 0 Å². The fourth-order valence-electron chi connectivity index (χ4n) is 2.18. The second-order valence-electron chi connectivity index (χ2n) is 4.97. The van der Waals surface area contributed by atoms with E-state index in [9.17, 15) is 18.6 Å². The zero-order valence-electron chi connectivity index (χ0n) is 11.2. The summed E-state index contributed by atoms with van der Waals surface area (Å²) in [5.74, 6) is -0.461. The van der Waals surface area contributed by atoms with Gasteiger partial charge in [0.2, 0.25) is 10.0 Å². The summed E-state index contributed by atoms with van der Waals surface area (Å²) >= 11 is 0. The summed E-state index contributed by atoms with van der Waals surface area (Å²) < 4.78 is 31.9. The molecule has 1 aliphatic rings. The zero-order chi connectivity index (χ0) is 14.8. The van der Waals surface area contributed by atoms with Crippen LogP contribution in [0.3, 0.4) is 0 Å². The lowest BCUT2D eigenvalue weighted by Gasteiger charge is -2.31. The Bertz CT molecular complexity index is 560. The molecule has 7 heteroatoms. The van der Waals surface area contributed by atoms with Crippen LogP contribution in [0.5, 0.6) is 0 Å². The van der Waals surface area contributed by atoms with Crippen molar-refractivity contribution < 1.29 is 23.4 Å². The number of hydrogen-bond donors (Lipinski definition) is 3. The summed E-state index contributed by atoms with van der Waals surface area (Å²) in [6, 6.07) is 6.67. The summed E-state index contributed by atoms with van der Waals surface area (Å²) in [5.41, 5.74) is 0.653. The molecule has 0 unspecified atom stereocenters. The Hall–Kier alpha value is -0.990. The fraction of sp³-hybridized carbons (Fsp3) is 0.538. The van der Waals surface area contributed by atoms with Crippen molar-refractivity contribution in [3.05, 3.63) is 29.8 Å². The predicted molar refractivity (Wildman–Crippen MR) is 72.7 cm³/mol. The second-order valence-corrected chi connectivity index (χ2v) is 6.71. The first kappa shape index (κ1) is 15.4. The lowest BCUT2D eigenvalue weighted by atomic mass is 9.97. The molecule has 1 saturated heterocycles. The fourth-order valence-corrected chi connectivity index (χ4v) is 3.52. The van der Waals surface area contributed by atoms with Gasteiger partial charge in [0.25, 0.3) is 0 Å². The van der Waals surface area contributed by atoms with Crippen LogP contribution in [-0.4, -0.2) is 50.6 Å². The van der Waals surface area contributed by atoms with Crippen LogP contribution < -0.4 is 4.72 Å². The maximum Gasteiger partial charge on any atom is 0.240 e. The molecule has 6 nitrogen and oxygen atoms in total. The Morgan fingerprint density at radius 3 is 2.70 bits per heavy atom. The third kappa shape index (κ3) is 3.36. The highest BCUT2D eigenvalue weighted by Gasteiger charge is 2.32. The van der Waals surface area contributed by atoms with Gasteiger partial charge >= 0.3 is 0 Å². The highest BCUT2D eigenvalue weighted by Crippen LogP contribution is 2.17. The number of aliphatic hydroxyl groups is 2. The number of ether oxygens (including phenoxy) is 1. The number of benzene rings is 1. The smallest absolute Gasteiger partial charge is 0.240 e. The molecule has 112 valence electrons. The van der Waals surface area contributed by atoms with Gasteiger partial charge in [0.1, 0.15) is 6.10 Å². The van der Waals surface area contributed by atoms with Gasteiger partial charge in [0.15, 0.2) is 0 Å². The molecule has 1 aliphatic heterocycles. The highest BCUT2D eigenvalue weighted by molar-refractivity contribution is 7.89. The van der Waals surface area contributed by atoms with Gasteiger partial charge in [-0.3, -0.25) is 0 Å². The van der Waals surface area contributed by atoms with E-state index in [1.165, 1.54) is 6.07 Å². The minimum Gasteiger partial charge on any atom is -0.390 e. The van der Waals surface area contributed by atoms with Crippen molar-refractivity contribution in [3.63, 3.8) is 0 Å². The summed E-state index contributed by atoms with van der Waals surface area (Å²) in [5, 5.41) is 19.3. The van der Waals surface area contributed by atoms with E-state index in [0.717, 1.165) is 0 Å². The lowest BCUT2D eigenvalue weighted by Crippen LogP contribution is -2.48. The SMILES string of the molecule is Cc1ccccc1S(=O)(=O)NC[C@@H]1COC[C@@H](O)[C@H]1O. The van der Waals surface area contributed by atoms with Gasteiger partial charge in [0.05, 0.1) is 24.2 Å². The first-order valence-electron chi connectivity index (χ1n) is 6.41. The summed E-state index contributed by atoms with van der Waals surface area (Å²) in [6.45, 7) is 2.03. The molecule has 1 heterocycles. The van der Waals surface area contributed by atoms with Gasteiger partial charge in [0, 0.05) is 12.5 Å². The van der Waals surface area contributed by atoms with Gasteiger partial charge in [-0.25, -0.2) is 13.1 Å². The molecule has 1 aromatic rings. The largest absolute Gasteiger partial charge is 0.390 e. The second kappa shape index (κ2) is 6.19. The van der Waals surface area contributed by atoms with Crippen LogP contribution in [0, 0.1) is 12.8 Å². The average Bonchev–Trinajstić information content (AvgIpc) is 2.41. The van der Waals surface area contributed by atoms with Crippen molar-refractivity contribution in [2.75, 3.05) is 19.8 Å². The zero-order valence-corrected chi connectivity index (χ0v) is 12.0. The predicted octanol–water partition coefficient (Wildman–Crippen LogP) is -0.358. The molecule has 0 spiro atoms. The van der Waals surface area contributed by atoms with Crippen LogP contribution in [0.25, 0.3) is 0 Å². The van der Waals surface area contributed by atoms with Crippen LogP contribution >= 0.6 is 0 Å². The minimum absolute atomic E-state index is 0.0227. The van der Waals surface area contributed by atoms with Gasteiger partial charge < -0.3 is 14.9 Å². The van der Waals surface area contributed by atoms with E-state index in [-0.39, 0.29) is 24.7 Å². The summed E-state index contributed by atoms with van der Waals surface area (Å²) in [7, 11) is -3.63. The molecule has 20 heavy (non-hydrogen) atoms. The van der Waals surface area contributed by atoms with E-state index in [0.29, 0.717) is 5.56 Å². The topological polar surface area (TPSA) is 95.9 Å². The normalized spacial score (nSPS) is 27.4. The molecule has 1 fully saturated rings. The maximum atomic E-state index is 12.2. The van der Waals surface area contributed by atoms with E-state index >= 15 is 0 Å². The first-order chi connectivity index (χ1) is 9.42. The average molecular weight is 301 g/mol. The molecule has 0 saturated carbocycles. The lowest BCUT2D eigenvalue weighted by molar-refractivity contribution is -0.118. The van der Waals surface area contributed by atoms with Crippen LogP contribution in [-0.2, 0) is 14.8 Å². The number of aryl methyl sites for hydroxylation is 1. The Morgan fingerprint density at radius 2 is 2.00 bits per heavy atom. The van der Waals surface area contributed by atoms with Crippen molar-refractivity contribution in [1.29, 1.82) is 0 Å². The number of sulfonamides is 1. The number of aliphatic hydroxyl groups excluding tert-OH is 2. The molecule has 2 rings (SSSR count). The van der Waals surface area contributed by atoms with Crippen LogP contribution in [0.2, 0.25) is 0 Å². The van der Waals surface area contributed by atoms with Gasteiger partial charge in [-0.1, -0.05) is 18.2 Å². The number of rotatable bonds is 4. The van der Waals surface area contributed by atoms with Crippen LogP contribution in [0.4, 0.5) is 0 Å². The molecule has 0 aromatic heterocycles. The van der Waals surface area contributed by atoms with Crippen LogP contribution in [0.1, 0.15) is 5.56 Å². The van der Waals surface area contributed by atoms with E-state index in [2.05, 4.69) is 4.72 Å². The standard InChI is InChI=1S/C13H19NO5S/c1-9-4-2-3-5-12(9)20(17,18)14-6-10-7-19-8-11(15)13(10)16/h2-5,10-11,13-16H,6-8H2,1H3/t10-,11-,13+/m1/s1. The molecule has 3 atom stereocenters. The number of nitrogens with one attached hydrogen (secondary N) is 1. The monoisotopic (exact) mass is 301 g/mol. The van der Waals surface area contributed by atoms with Crippen molar-refractivity contribution in [2.45, 2.75) is 24.0 Å². The first-order valence-corrected chi connectivity index (χ1v) is 7.89. The Kier molecular flexibility index (Phi) is 4.77. The van der Waals surface area contributed by atoms with E-state index < -0.39 is 28.1 Å². The van der Waals surface area contributed by atoms with Crippen molar-refractivity contribution in [3.8, 4) is 0 Å². The molecule has 0 radical (unpaired) electrons. The molecular formula is C13H19NO5S. The number of hydrogen-bond acceptors (Lipinski definition) is 5. The highest BCUT2D eigenvalue weighted by atomic mass is 32.2. The summed E-state index contributed by atoms with van der Waals surface area (Å²) in [6.07, 6.45) is -1.96. The van der Waals surface area contributed by atoms with Gasteiger partial charge in [-0.15, -0.1) is 0 Å². The Labute approximate surface area is 118 Å². The van der Waals surface area contributed by atoms with Gasteiger partial charge in [-0.2, -0.15) is 0 Å². The molecule has 0 bridgehead atoms. The molecule has 0 aliphatic carbocycles. The van der Waals surface area contributed by atoms with E-state index in [1.54, 1.807) is 25.1 Å². The Balaban J connectivity index is 2.05. The minimum atomic E-state index is -3.63. The maximum absolute atomic E-state index is 12.2. The van der Waals surface area contributed by atoms with Crippen molar-refractivity contribution in [2.24, 2.45) is 5.92 Å². The van der Waals surface area contributed by atoms with Crippen molar-refractivity contribution in [1.82, 2.24) is 4.72 Å². The molecule has 1 aromatic carbocycles. The van der Waals surface area contributed by atoms with Crippen LogP contribution in [0.15, 0.2) is 29.2 Å². The molecule has 0 amide bonds. The molecular weight excluding hydrogens is 282 g/mol. The third-order valence-corrected chi connectivity index (χ3v) is 5.00.